The van der Waals surface area contributed by atoms with Crippen molar-refractivity contribution < 1.29 is 14.8 Å². The van der Waals surface area contributed by atoms with Gasteiger partial charge in [0.25, 0.3) is 0 Å². The molecule has 8 nitrogen and oxygen atoms in total. The highest BCUT2D eigenvalue weighted by Gasteiger charge is 2.25. The Morgan fingerprint density at radius 3 is 2.64 bits per heavy atom. The van der Waals surface area contributed by atoms with Gasteiger partial charge in [0.2, 0.25) is 0 Å². The fraction of sp³-hybridized carbons (Fsp3) is 0.176. The Hall–Kier alpha value is -3.26. The molecule has 0 aliphatic heterocycles. The third-order valence-electron chi connectivity index (χ3n) is 3.73. The minimum Gasteiger partial charge on any atom is -0.433 e. The molecule has 0 saturated heterocycles. The molecule has 1 unspecified atom stereocenters. The van der Waals surface area contributed by atoms with Crippen molar-refractivity contribution in [2.75, 3.05) is 0 Å². The van der Waals surface area contributed by atoms with E-state index in [1.807, 2.05) is 6.92 Å². The quantitative estimate of drug-likeness (QED) is 0.565. The van der Waals surface area contributed by atoms with Crippen molar-refractivity contribution in [3.63, 3.8) is 0 Å². The zero-order valence-electron chi connectivity index (χ0n) is 13.3. The molecular weight excluding hydrogens is 326 g/mol. The fourth-order valence-electron chi connectivity index (χ4n) is 2.39. The molecule has 1 aromatic carbocycles. The summed E-state index contributed by atoms with van der Waals surface area (Å²) < 4.78 is 6.57. The minimum atomic E-state index is -0.816. The number of aliphatic hydroxyl groups excluding tert-OH is 1. The van der Waals surface area contributed by atoms with Crippen LogP contribution in [0.1, 0.15) is 25.0 Å². The molecule has 3 aromatic rings. The molecule has 0 saturated carbocycles. The first-order valence-corrected chi connectivity index (χ1v) is 7.63. The van der Waals surface area contributed by atoms with Gasteiger partial charge in [0, 0.05) is 6.20 Å². The van der Waals surface area contributed by atoms with Gasteiger partial charge in [0.15, 0.2) is 0 Å². The van der Waals surface area contributed by atoms with E-state index >= 15 is 0 Å². The van der Waals surface area contributed by atoms with Crippen molar-refractivity contribution in [2.45, 2.75) is 19.4 Å². The summed E-state index contributed by atoms with van der Waals surface area (Å²) in [6.45, 7) is 1.85. The van der Waals surface area contributed by atoms with Gasteiger partial charge in [-0.2, -0.15) is 4.98 Å². The molecule has 0 aliphatic rings. The third-order valence-corrected chi connectivity index (χ3v) is 3.73. The van der Waals surface area contributed by atoms with E-state index in [1.54, 1.807) is 42.5 Å². The molecule has 2 aromatic heterocycles. The standard InChI is InChI=1S/C17H15N3O5/c1-2-13(21)11-6-8-12(9-7-11)25-16-15(20(23)24)17(22)19-10-4-3-5-14(19)18-16/h3-10,13,21H,2H2,1H3. The van der Waals surface area contributed by atoms with Crippen LogP contribution in [0.25, 0.3) is 5.65 Å². The van der Waals surface area contributed by atoms with Gasteiger partial charge in [0.1, 0.15) is 11.4 Å². The summed E-state index contributed by atoms with van der Waals surface area (Å²) in [4.78, 5) is 26.9. The lowest BCUT2D eigenvalue weighted by Gasteiger charge is -2.10. The molecule has 1 N–H and O–H groups in total. The van der Waals surface area contributed by atoms with Gasteiger partial charge >= 0.3 is 17.1 Å². The Morgan fingerprint density at radius 2 is 2.00 bits per heavy atom. The molecule has 0 fully saturated rings. The Morgan fingerprint density at radius 1 is 1.28 bits per heavy atom. The predicted molar refractivity (Wildman–Crippen MR) is 89.9 cm³/mol. The summed E-state index contributed by atoms with van der Waals surface area (Å²) in [5.74, 6) is -0.0904. The van der Waals surface area contributed by atoms with Crippen LogP contribution in [0.2, 0.25) is 0 Å². The number of ether oxygens (including phenoxy) is 1. The molecular formula is C17H15N3O5. The molecule has 0 aliphatic carbocycles. The van der Waals surface area contributed by atoms with Gasteiger partial charge in [0.05, 0.1) is 11.0 Å². The van der Waals surface area contributed by atoms with E-state index < -0.39 is 22.3 Å². The monoisotopic (exact) mass is 341 g/mol. The van der Waals surface area contributed by atoms with Crippen molar-refractivity contribution in [1.29, 1.82) is 0 Å². The van der Waals surface area contributed by atoms with Crippen molar-refractivity contribution in [2.24, 2.45) is 0 Å². The zero-order chi connectivity index (χ0) is 18.0. The van der Waals surface area contributed by atoms with Crippen LogP contribution in [0.5, 0.6) is 11.6 Å². The number of aromatic nitrogens is 2. The normalized spacial score (nSPS) is 12.1. The highest BCUT2D eigenvalue weighted by molar-refractivity contribution is 5.50. The number of benzene rings is 1. The number of nitrogens with zero attached hydrogens (tertiary/aromatic N) is 3. The maximum absolute atomic E-state index is 12.3. The van der Waals surface area contributed by atoms with E-state index in [9.17, 15) is 20.0 Å². The van der Waals surface area contributed by atoms with Crippen molar-refractivity contribution in [3.8, 4) is 11.6 Å². The molecule has 25 heavy (non-hydrogen) atoms. The number of hydrogen-bond donors (Lipinski definition) is 1. The van der Waals surface area contributed by atoms with Crippen LogP contribution in [-0.2, 0) is 0 Å². The number of hydrogen-bond acceptors (Lipinski definition) is 6. The number of aliphatic hydroxyl groups is 1. The van der Waals surface area contributed by atoms with E-state index in [2.05, 4.69) is 4.98 Å². The molecule has 8 heteroatoms. The lowest BCUT2D eigenvalue weighted by Crippen LogP contribution is -2.19. The first-order valence-electron chi connectivity index (χ1n) is 7.63. The number of nitro groups is 1. The van der Waals surface area contributed by atoms with Gasteiger partial charge in [-0.3, -0.25) is 19.3 Å². The molecule has 2 heterocycles. The van der Waals surface area contributed by atoms with Crippen molar-refractivity contribution in [3.05, 3.63) is 74.7 Å². The SMILES string of the molecule is CCC(O)c1ccc(Oc2nc3ccccn3c(=O)c2[N+](=O)[O-])cc1. The molecule has 128 valence electrons. The van der Waals surface area contributed by atoms with Gasteiger partial charge in [-0.05, 0) is 36.2 Å². The van der Waals surface area contributed by atoms with Crippen LogP contribution in [-0.4, -0.2) is 19.4 Å². The van der Waals surface area contributed by atoms with Crippen LogP contribution in [0.4, 0.5) is 5.69 Å². The van der Waals surface area contributed by atoms with E-state index in [-0.39, 0.29) is 17.3 Å². The van der Waals surface area contributed by atoms with Crippen molar-refractivity contribution in [1.82, 2.24) is 9.38 Å². The Kier molecular flexibility index (Phi) is 4.44. The second-order valence-electron chi connectivity index (χ2n) is 5.35. The molecule has 0 radical (unpaired) electrons. The third kappa shape index (κ3) is 3.20. The molecule has 0 amide bonds. The summed E-state index contributed by atoms with van der Waals surface area (Å²) in [6, 6.07) is 11.2. The second kappa shape index (κ2) is 6.70. The van der Waals surface area contributed by atoms with Crippen LogP contribution in [0.15, 0.2) is 53.5 Å². The largest absolute Gasteiger partial charge is 0.433 e. The first kappa shape index (κ1) is 16.6. The van der Waals surface area contributed by atoms with E-state index in [0.29, 0.717) is 12.0 Å². The van der Waals surface area contributed by atoms with E-state index in [1.165, 1.54) is 6.20 Å². The fourth-order valence-corrected chi connectivity index (χ4v) is 2.39. The molecule has 0 spiro atoms. The maximum atomic E-state index is 12.3. The van der Waals surface area contributed by atoms with Crippen LogP contribution < -0.4 is 10.3 Å². The first-order chi connectivity index (χ1) is 12.0. The van der Waals surface area contributed by atoms with Gasteiger partial charge < -0.3 is 9.84 Å². The molecule has 0 bridgehead atoms. The average Bonchev–Trinajstić information content (AvgIpc) is 2.61. The zero-order valence-corrected chi connectivity index (χ0v) is 13.3. The Bertz CT molecular complexity index is 982. The van der Waals surface area contributed by atoms with Gasteiger partial charge in [-0.15, -0.1) is 0 Å². The summed E-state index contributed by atoms with van der Waals surface area (Å²) in [6.07, 6.45) is 1.38. The summed E-state index contributed by atoms with van der Waals surface area (Å²) in [5, 5.41) is 21.1. The smallest absolute Gasteiger partial charge is 0.396 e. The Labute approximate surface area is 142 Å². The van der Waals surface area contributed by atoms with Crippen LogP contribution in [0.3, 0.4) is 0 Å². The van der Waals surface area contributed by atoms with Crippen LogP contribution in [0, 0.1) is 10.1 Å². The lowest BCUT2D eigenvalue weighted by atomic mass is 10.1. The topological polar surface area (TPSA) is 107 Å². The van der Waals surface area contributed by atoms with E-state index in [0.717, 1.165) is 4.40 Å². The Balaban J connectivity index is 2.05. The van der Waals surface area contributed by atoms with Gasteiger partial charge in [-0.1, -0.05) is 25.1 Å². The maximum Gasteiger partial charge on any atom is 0.396 e. The number of rotatable bonds is 5. The molecule has 3 rings (SSSR count). The van der Waals surface area contributed by atoms with Gasteiger partial charge in [-0.25, -0.2) is 0 Å². The summed E-state index contributed by atoms with van der Waals surface area (Å²) >= 11 is 0. The number of pyridine rings is 1. The minimum absolute atomic E-state index is 0.242. The molecule has 1 atom stereocenters. The predicted octanol–water partition coefficient (Wildman–Crippen LogP) is 2.84. The van der Waals surface area contributed by atoms with E-state index in [4.69, 9.17) is 4.74 Å². The number of fused-ring (bicyclic) bond motifs is 1. The highest BCUT2D eigenvalue weighted by Crippen LogP contribution is 2.28. The highest BCUT2D eigenvalue weighted by atomic mass is 16.6. The summed E-state index contributed by atoms with van der Waals surface area (Å²) in [5.41, 5.74) is -0.605. The summed E-state index contributed by atoms with van der Waals surface area (Å²) in [7, 11) is 0. The average molecular weight is 341 g/mol. The lowest BCUT2D eigenvalue weighted by molar-refractivity contribution is -0.387. The van der Waals surface area contributed by atoms with Crippen LogP contribution >= 0.6 is 0 Å². The van der Waals surface area contributed by atoms with Crippen molar-refractivity contribution >= 4 is 11.3 Å². The second-order valence-corrected chi connectivity index (χ2v) is 5.35.